The van der Waals surface area contributed by atoms with Crippen molar-refractivity contribution in [3.05, 3.63) is 11.8 Å². The molecule has 0 unspecified atom stereocenters. The van der Waals surface area contributed by atoms with Crippen LogP contribution in [0.3, 0.4) is 0 Å². The van der Waals surface area contributed by atoms with Crippen molar-refractivity contribution in [2.24, 2.45) is 0 Å². The first-order chi connectivity index (χ1) is 8.46. The fraction of sp³-hybridized carbons (Fsp3) is 0.600. The molecule has 2 N–H and O–H groups in total. The monoisotopic (exact) mass is 275 g/mol. The predicted octanol–water partition coefficient (Wildman–Crippen LogP) is 0.308. The second-order valence-electron chi connectivity index (χ2n) is 3.73. The summed E-state index contributed by atoms with van der Waals surface area (Å²) < 4.78 is 30.6. The molecule has 0 fully saturated rings. The number of aryl methyl sites for hydroxylation is 1. The minimum Gasteiger partial charge on any atom is -0.481 e. The smallest absolute Gasteiger partial charge is 0.240 e. The third-order valence-corrected chi connectivity index (χ3v) is 3.43. The van der Waals surface area contributed by atoms with Crippen LogP contribution in [0.2, 0.25) is 0 Å². The summed E-state index contributed by atoms with van der Waals surface area (Å²) in [5.74, 6) is 0.221. The average Bonchev–Trinajstić information content (AvgIpc) is 2.27. The molecule has 1 heterocycles. The van der Waals surface area contributed by atoms with Gasteiger partial charge in [0.25, 0.3) is 0 Å². The Bertz CT molecular complexity index is 490. The second kappa shape index (κ2) is 6.50. The van der Waals surface area contributed by atoms with Gasteiger partial charge in [0, 0.05) is 18.4 Å². The van der Waals surface area contributed by atoms with E-state index in [9.17, 15) is 8.42 Å². The van der Waals surface area contributed by atoms with Crippen LogP contribution >= 0.6 is 0 Å². The molecule has 0 aliphatic heterocycles. The molecule has 0 bridgehead atoms. The molecule has 0 aliphatic carbocycles. The van der Waals surface area contributed by atoms with E-state index in [1.54, 1.807) is 13.0 Å². The molecule has 1 aromatic rings. The van der Waals surface area contributed by atoms with Crippen LogP contribution in [0.5, 0.6) is 5.88 Å². The molecule has 1 rings (SSSR count). The van der Waals surface area contributed by atoms with Crippen LogP contribution in [0, 0.1) is 6.92 Å². The predicted molar refractivity (Wildman–Crippen MR) is 67.1 cm³/mol. The minimum absolute atomic E-state index is 0.00384. The topological polar surface area (TPSA) is 101 Å². The molecule has 0 spiro atoms. The van der Waals surface area contributed by atoms with Gasteiger partial charge in [-0.15, -0.1) is 0 Å². The van der Waals surface area contributed by atoms with E-state index in [0.29, 0.717) is 24.4 Å². The lowest BCUT2D eigenvalue weighted by atomic mass is 10.4. The van der Waals surface area contributed by atoms with Crippen LogP contribution < -0.4 is 9.46 Å². The van der Waals surface area contributed by atoms with Crippen molar-refractivity contribution >= 4 is 16.0 Å². The zero-order chi connectivity index (χ0) is 13.6. The normalized spacial score (nSPS) is 11.3. The van der Waals surface area contributed by atoms with Crippen LogP contribution in [0.15, 0.2) is 6.07 Å². The summed E-state index contributed by atoms with van der Waals surface area (Å²) in [5, 5.41) is 8.60. The van der Waals surface area contributed by atoms with Crippen molar-refractivity contribution in [1.29, 1.82) is 0 Å². The third kappa shape index (κ3) is 4.84. The highest BCUT2D eigenvalue weighted by Gasteiger charge is 2.12. The molecular weight excluding hydrogens is 258 g/mol. The molecule has 0 saturated heterocycles. The zero-order valence-corrected chi connectivity index (χ0v) is 11.2. The van der Waals surface area contributed by atoms with Gasteiger partial charge in [-0.05, 0) is 19.8 Å². The van der Waals surface area contributed by atoms with Crippen molar-refractivity contribution in [3.63, 3.8) is 0 Å². The summed E-state index contributed by atoms with van der Waals surface area (Å²) in [6.45, 7) is 1.69. The third-order valence-electron chi connectivity index (χ3n) is 2.11. The Balaban J connectivity index is 2.74. The molecule has 0 aromatic carbocycles. The first-order valence-corrected chi connectivity index (χ1v) is 7.13. The van der Waals surface area contributed by atoms with E-state index in [4.69, 9.17) is 9.84 Å². The van der Waals surface area contributed by atoms with Crippen LogP contribution in [0.25, 0.3) is 0 Å². The molecule has 0 radical (unpaired) electrons. The maximum Gasteiger partial charge on any atom is 0.240 e. The standard InChI is InChI=1S/C10H17N3O4S/c1-8-7-9(17-2)12-10(11-8)13-18(15,16)6-4-3-5-14/h7,14H,3-6H2,1-2H3,(H,11,12,13). The number of ether oxygens (including phenoxy) is 1. The van der Waals surface area contributed by atoms with E-state index in [2.05, 4.69) is 14.7 Å². The van der Waals surface area contributed by atoms with E-state index >= 15 is 0 Å². The fourth-order valence-electron chi connectivity index (χ4n) is 1.28. The highest BCUT2D eigenvalue weighted by molar-refractivity contribution is 7.92. The molecule has 7 nitrogen and oxygen atoms in total. The SMILES string of the molecule is COc1cc(C)nc(NS(=O)(=O)CCCCO)n1. The van der Waals surface area contributed by atoms with Gasteiger partial charge in [-0.1, -0.05) is 0 Å². The van der Waals surface area contributed by atoms with Gasteiger partial charge in [0.15, 0.2) is 0 Å². The summed E-state index contributed by atoms with van der Waals surface area (Å²) in [7, 11) is -2.04. The number of nitrogens with zero attached hydrogens (tertiary/aromatic N) is 2. The minimum atomic E-state index is -3.49. The van der Waals surface area contributed by atoms with Gasteiger partial charge in [-0.25, -0.2) is 13.4 Å². The maximum absolute atomic E-state index is 11.7. The highest BCUT2D eigenvalue weighted by Crippen LogP contribution is 2.12. The number of unbranched alkanes of at least 4 members (excludes halogenated alkanes) is 1. The van der Waals surface area contributed by atoms with E-state index < -0.39 is 10.0 Å². The molecule has 18 heavy (non-hydrogen) atoms. The van der Waals surface area contributed by atoms with Gasteiger partial charge >= 0.3 is 0 Å². The highest BCUT2D eigenvalue weighted by atomic mass is 32.2. The number of nitrogens with one attached hydrogen (secondary N) is 1. The van der Waals surface area contributed by atoms with Crippen LogP contribution in [0.4, 0.5) is 5.95 Å². The summed E-state index contributed by atoms with van der Waals surface area (Å²) in [6.07, 6.45) is 0.827. The number of hydrogen-bond acceptors (Lipinski definition) is 6. The number of aliphatic hydroxyl groups excluding tert-OH is 1. The Hall–Kier alpha value is -1.41. The van der Waals surface area contributed by atoms with Crippen molar-refractivity contribution in [2.75, 3.05) is 24.2 Å². The Morgan fingerprint density at radius 3 is 2.72 bits per heavy atom. The number of hydrogen-bond donors (Lipinski definition) is 2. The summed E-state index contributed by atoms with van der Waals surface area (Å²) in [5.41, 5.74) is 0.606. The maximum atomic E-state index is 11.7. The summed E-state index contributed by atoms with van der Waals surface area (Å²) in [6, 6.07) is 1.60. The number of aromatic nitrogens is 2. The Kier molecular flexibility index (Phi) is 5.29. The second-order valence-corrected chi connectivity index (χ2v) is 5.57. The van der Waals surface area contributed by atoms with Gasteiger partial charge < -0.3 is 9.84 Å². The van der Waals surface area contributed by atoms with Crippen molar-refractivity contribution < 1.29 is 18.3 Å². The van der Waals surface area contributed by atoms with E-state index in [-0.39, 0.29) is 18.3 Å². The van der Waals surface area contributed by atoms with Gasteiger partial charge in [-0.2, -0.15) is 4.98 Å². The van der Waals surface area contributed by atoms with Crippen molar-refractivity contribution in [2.45, 2.75) is 19.8 Å². The Morgan fingerprint density at radius 1 is 1.39 bits per heavy atom. The molecule has 0 aliphatic rings. The van der Waals surface area contributed by atoms with Crippen LogP contribution in [-0.2, 0) is 10.0 Å². The largest absolute Gasteiger partial charge is 0.481 e. The fourth-order valence-corrected chi connectivity index (χ4v) is 2.34. The van der Waals surface area contributed by atoms with Gasteiger partial charge in [0.1, 0.15) is 0 Å². The number of anilines is 1. The van der Waals surface area contributed by atoms with E-state index in [1.165, 1.54) is 7.11 Å². The first kappa shape index (κ1) is 14.7. The average molecular weight is 275 g/mol. The van der Waals surface area contributed by atoms with Crippen molar-refractivity contribution in [1.82, 2.24) is 9.97 Å². The van der Waals surface area contributed by atoms with Crippen molar-refractivity contribution in [3.8, 4) is 5.88 Å². The first-order valence-electron chi connectivity index (χ1n) is 5.48. The molecule has 102 valence electrons. The van der Waals surface area contributed by atoms with Crippen LogP contribution in [-0.4, -0.2) is 43.0 Å². The Morgan fingerprint density at radius 2 is 2.11 bits per heavy atom. The quantitative estimate of drug-likeness (QED) is 0.694. The molecule has 0 atom stereocenters. The number of rotatable bonds is 7. The lowest BCUT2D eigenvalue weighted by Crippen LogP contribution is -2.19. The number of methoxy groups -OCH3 is 1. The Labute approximate surface area is 106 Å². The van der Waals surface area contributed by atoms with Gasteiger partial charge in [0.2, 0.25) is 21.9 Å². The molecule has 1 aromatic heterocycles. The lowest BCUT2D eigenvalue weighted by Gasteiger charge is -2.08. The van der Waals surface area contributed by atoms with E-state index in [0.717, 1.165) is 0 Å². The van der Waals surface area contributed by atoms with E-state index in [1.807, 2.05) is 0 Å². The molecule has 0 amide bonds. The molecular formula is C10H17N3O4S. The summed E-state index contributed by atoms with van der Waals surface area (Å²) in [4.78, 5) is 7.86. The molecule has 8 heteroatoms. The lowest BCUT2D eigenvalue weighted by molar-refractivity contribution is 0.287. The number of sulfonamides is 1. The number of aliphatic hydroxyl groups is 1. The van der Waals surface area contributed by atoms with Gasteiger partial charge in [0.05, 0.1) is 12.9 Å². The van der Waals surface area contributed by atoms with Gasteiger partial charge in [-0.3, -0.25) is 4.72 Å². The van der Waals surface area contributed by atoms with Crippen LogP contribution in [0.1, 0.15) is 18.5 Å². The molecule has 0 saturated carbocycles. The summed E-state index contributed by atoms with van der Waals surface area (Å²) >= 11 is 0. The zero-order valence-electron chi connectivity index (χ0n) is 10.4.